The van der Waals surface area contributed by atoms with Crippen LogP contribution in [0.4, 0.5) is 17.6 Å². The van der Waals surface area contributed by atoms with E-state index in [-0.39, 0.29) is 37.2 Å². The molecule has 3 aromatic carbocycles. The lowest BCUT2D eigenvalue weighted by molar-refractivity contribution is -0.137. The van der Waals surface area contributed by atoms with Gasteiger partial charge in [0.05, 0.1) is 12.1 Å². The van der Waals surface area contributed by atoms with E-state index >= 15 is 0 Å². The fraction of sp³-hybridized carbons (Fsp3) is 0.269. The second-order valence-corrected chi connectivity index (χ2v) is 10.5. The Hall–Kier alpha value is -3.40. The van der Waals surface area contributed by atoms with Gasteiger partial charge in [-0.2, -0.15) is 13.2 Å². The minimum Gasteiger partial charge on any atom is -0.491 e. The lowest BCUT2D eigenvalue weighted by atomic mass is 10.00. The van der Waals surface area contributed by atoms with E-state index in [1.165, 1.54) is 23.1 Å². The number of fused-ring (bicyclic) bond motifs is 1. The summed E-state index contributed by atoms with van der Waals surface area (Å²) in [4.78, 5) is 14.4. The molecule has 0 spiro atoms. The summed E-state index contributed by atoms with van der Waals surface area (Å²) in [5, 5.41) is 0. The number of alkyl halides is 3. The molecule has 0 aromatic heterocycles. The maximum absolute atomic E-state index is 15.0. The van der Waals surface area contributed by atoms with Crippen molar-refractivity contribution in [3.63, 3.8) is 0 Å². The van der Waals surface area contributed by atoms with Crippen LogP contribution in [0.5, 0.6) is 5.75 Å². The molecule has 0 saturated heterocycles. The van der Waals surface area contributed by atoms with Crippen LogP contribution >= 0.6 is 0 Å². The lowest BCUT2D eigenvalue weighted by Gasteiger charge is -2.22. The third-order valence-corrected chi connectivity index (χ3v) is 7.18. The summed E-state index contributed by atoms with van der Waals surface area (Å²) < 4.78 is 83.2. The molecule has 0 fully saturated rings. The molecule has 4 rings (SSSR count). The van der Waals surface area contributed by atoms with Crippen LogP contribution in [0, 0.1) is 5.82 Å². The summed E-state index contributed by atoms with van der Waals surface area (Å²) in [5.74, 6) is -0.862. The van der Waals surface area contributed by atoms with Crippen LogP contribution in [-0.2, 0) is 29.0 Å². The van der Waals surface area contributed by atoms with Crippen molar-refractivity contribution in [3.05, 3.63) is 82.7 Å². The Balaban J connectivity index is 1.65. The Morgan fingerprint density at radius 3 is 2.31 bits per heavy atom. The topological polar surface area (TPSA) is 63.7 Å². The smallest absolute Gasteiger partial charge is 0.416 e. The monoisotopic (exact) mass is 521 g/mol. The zero-order chi connectivity index (χ0) is 26.3. The quantitative estimate of drug-likeness (QED) is 0.425. The Labute approximate surface area is 206 Å². The maximum Gasteiger partial charge on any atom is 0.416 e. The Morgan fingerprint density at radius 2 is 1.69 bits per heavy atom. The van der Waals surface area contributed by atoms with Crippen LogP contribution in [0.25, 0.3) is 11.1 Å². The fourth-order valence-corrected chi connectivity index (χ4v) is 4.97. The summed E-state index contributed by atoms with van der Waals surface area (Å²) in [6.07, 6.45) is -3.41. The highest BCUT2D eigenvalue weighted by Gasteiger charge is 2.30. The van der Waals surface area contributed by atoms with Gasteiger partial charge in [-0.05, 0) is 53.9 Å². The molecular formula is C26H23F4NO4S. The third kappa shape index (κ3) is 5.09. The molecule has 1 aliphatic heterocycles. The number of benzene rings is 3. The number of hydrogen-bond donors (Lipinski definition) is 0. The summed E-state index contributed by atoms with van der Waals surface area (Å²) >= 11 is 0. The van der Waals surface area contributed by atoms with Gasteiger partial charge in [0.15, 0.2) is 9.84 Å². The molecular weight excluding hydrogens is 498 g/mol. The van der Waals surface area contributed by atoms with Gasteiger partial charge in [0.1, 0.15) is 23.1 Å². The molecule has 1 amide bonds. The highest BCUT2D eigenvalue weighted by Crippen LogP contribution is 2.33. The maximum atomic E-state index is 15.0. The van der Waals surface area contributed by atoms with Crippen molar-refractivity contribution < 1.29 is 35.5 Å². The average Bonchev–Trinajstić information content (AvgIpc) is 3.04. The van der Waals surface area contributed by atoms with Crippen molar-refractivity contribution in [1.82, 2.24) is 4.90 Å². The SMILES string of the molecule is CCc1c(C(=O)N2CCOc3ccc(-c4ccc(C(F)(F)F)cc4)cc3C2)ccc(S(C)(=O)=O)c1F. The zero-order valence-corrected chi connectivity index (χ0v) is 20.3. The van der Waals surface area contributed by atoms with Crippen LogP contribution in [0.1, 0.15) is 34.0 Å². The minimum atomic E-state index is -4.43. The number of ether oxygens (including phenoxy) is 1. The van der Waals surface area contributed by atoms with E-state index in [0.29, 0.717) is 22.4 Å². The number of carbonyl (C=O) groups excluding carboxylic acids is 1. The van der Waals surface area contributed by atoms with Gasteiger partial charge in [0.2, 0.25) is 0 Å². The van der Waals surface area contributed by atoms with Crippen molar-refractivity contribution in [2.45, 2.75) is 31.0 Å². The predicted octanol–water partition coefficient (Wildman–Crippen LogP) is 5.51. The van der Waals surface area contributed by atoms with Crippen LogP contribution in [0.2, 0.25) is 0 Å². The predicted molar refractivity (Wildman–Crippen MR) is 126 cm³/mol. The van der Waals surface area contributed by atoms with Gasteiger partial charge in [-0.25, -0.2) is 12.8 Å². The summed E-state index contributed by atoms with van der Waals surface area (Å²) in [7, 11) is -3.80. The second kappa shape index (κ2) is 9.57. The first-order valence-corrected chi connectivity index (χ1v) is 13.0. The number of rotatable bonds is 4. The number of amides is 1. The van der Waals surface area contributed by atoms with Gasteiger partial charge in [0, 0.05) is 29.5 Å². The van der Waals surface area contributed by atoms with Crippen molar-refractivity contribution >= 4 is 15.7 Å². The number of sulfone groups is 1. The molecule has 1 heterocycles. The molecule has 0 bridgehead atoms. The number of nitrogens with zero attached hydrogens (tertiary/aromatic N) is 1. The van der Waals surface area contributed by atoms with E-state index < -0.39 is 38.2 Å². The fourth-order valence-electron chi connectivity index (χ4n) is 4.20. The molecule has 10 heteroatoms. The molecule has 36 heavy (non-hydrogen) atoms. The Kier molecular flexibility index (Phi) is 6.83. The molecule has 190 valence electrons. The van der Waals surface area contributed by atoms with Gasteiger partial charge in [-0.15, -0.1) is 0 Å². The molecule has 1 aliphatic rings. The molecule has 0 atom stereocenters. The Bertz CT molecular complexity index is 1420. The highest BCUT2D eigenvalue weighted by molar-refractivity contribution is 7.90. The normalized spacial score (nSPS) is 14.1. The number of hydrogen-bond acceptors (Lipinski definition) is 4. The van der Waals surface area contributed by atoms with Crippen molar-refractivity contribution in [1.29, 1.82) is 0 Å². The first-order valence-electron chi connectivity index (χ1n) is 11.1. The zero-order valence-electron chi connectivity index (χ0n) is 19.5. The van der Waals surface area contributed by atoms with Gasteiger partial charge in [0.25, 0.3) is 5.91 Å². The molecule has 3 aromatic rings. The molecule has 0 radical (unpaired) electrons. The first-order chi connectivity index (χ1) is 16.9. The number of halogens is 4. The van der Waals surface area contributed by atoms with Crippen LogP contribution < -0.4 is 4.74 Å². The summed E-state index contributed by atoms with van der Waals surface area (Å²) in [5.41, 5.74) is 1.21. The Morgan fingerprint density at radius 1 is 1.03 bits per heavy atom. The summed E-state index contributed by atoms with van der Waals surface area (Å²) in [6, 6.07) is 12.4. The van der Waals surface area contributed by atoms with E-state index in [1.54, 1.807) is 25.1 Å². The lowest BCUT2D eigenvalue weighted by Crippen LogP contribution is -2.33. The largest absolute Gasteiger partial charge is 0.491 e. The molecule has 0 aliphatic carbocycles. The van der Waals surface area contributed by atoms with Crippen molar-refractivity contribution in [2.75, 3.05) is 19.4 Å². The van der Waals surface area contributed by atoms with E-state index in [4.69, 9.17) is 4.74 Å². The second-order valence-electron chi connectivity index (χ2n) is 8.50. The minimum absolute atomic E-state index is 0.0202. The molecule has 0 unspecified atom stereocenters. The van der Waals surface area contributed by atoms with E-state index in [0.717, 1.165) is 24.5 Å². The van der Waals surface area contributed by atoms with Crippen molar-refractivity contribution in [2.24, 2.45) is 0 Å². The van der Waals surface area contributed by atoms with Crippen LogP contribution in [0.15, 0.2) is 59.5 Å². The van der Waals surface area contributed by atoms with Crippen LogP contribution in [0.3, 0.4) is 0 Å². The molecule has 5 nitrogen and oxygen atoms in total. The highest BCUT2D eigenvalue weighted by atomic mass is 32.2. The van der Waals surface area contributed by atoms with Crippen molar-refractivity contribution in [3.8, 4) is 16.9 Å². The molecule has 0 saturated carbocycles. The summed E-state index contributed by atoms with van der Waals surface area (Å²) in [6.45, 7) is 2.16. The first kappa shape index (κ1) is 25.7. The van der Waals surface area contributed by atoms with Crippen LogP contribution in [-0.4, -0.2) is 38.6 Å². The van der Waals surface area contributed by atoms with Gasteiger partial charge in [-0.1, -0.05) is 25.1 Å². The van der Waals surface area contributed by atoms with E-state index in [1.807, 2.05) is 0 Å². The van der Waals surface area contributed by atoms with Gasteiger partial charge < -0.3 is 9.64 Å². The average molecular weight is 522 g/mol. The standard InChI is InChI=1S/C26H23F4NO4S/c1-3-20-21(9-11-23(24(20)27)36(2,33)34)25(32)31-12-13-35-22-10-6-17(14-18(22)15-31)16-4-7-19(8-5-16)26(28,29)30/h4-11,14H,3,12-13,15H2,1-2H3. The number of carbonyl (C=O) groups is 1. The van der Waals surface area contributed by atoms with Gasteiger partial charge in [-0.3, -0.25) is 4.79 Å². The van der Waals surface area contributed by atoms with E-state index in [9.17, 15) is 30.8 Å². The van der Waals surface area contributed by atoms with E-state index in [2.05, 4.69) is 0 Å². The molecule has 0 N–H and O–H groups in total. The third-order valence-electron chi connectivity index (χ3n) is 6.06. The van der Waals surface area contributed by atoms with Gasteiger partial charge >= 0.3 is 6.18 Å².